The van der Waals surface area contributed by atoms with Crippen LogP contribution in [0.3, 0.4) is 0 Å². The van der Waals surface area contributed by atoms with Crippen molar-refractivity contribution in [1.82, 2.24) is 9.80 Å². The number of nitrogens with one attached hydrogen (secondary N) is 1. The number of anilines is 2. The standard InChI is InChI=1S/C16H26N4O2/c1-3-19-8-10-20(11-9-19)7-6-16(21)18-13-4-5-15(22-2)14(17)12-13/h4-5,12H,3,6-11,17H2,1-2H3,(H,18,21). The van der Waals surface area contributed by atoms with Gasteiger partial charge in [-0.15, -0.1) is 0 Å². The number of likely N-dealkylation sites (N-methyl/N-ethyl adjacent to an activating group) is 1. The molecule has 0 aromatic heterocycles. The highest BCUT2D eigenvalue weighted by atomic mass is 16.5. The summed E-state index contributed by atoms with van der Waals surface area (Å²) >= 11 is 0. The van der Waals surface area contributed by atoms with Crippen molar-refractivity contribution in [3.63, 3.8) is 0 Å². The maximum absolute atomic E-state index is 12.0. The second kappa shape index (κ2) is 8.00. The highest BCUT2D eigenvalue weighted by Crippen LogP contribution is 2.24. The average Bonchev–Trinajstić information content (AvgIpc) is 2.53. The van der Waals surface area contributed by atoms with Gasteiger partial charge >= 0.3 is 0 Å². The Hall–Kier alpha value is -1.79. The van der Waals surface area contributed by atoms with E-state index >= 15 is 0 Å². The summed E-state index contributed by atoms with van der Waals surface area (Å²) in [6.45, 7) is 8.35. The normalized spacial score (nSPS) is 16.5. The number of rotatable bonds is 6. The summed E-state index contributed by atoms with van der Waals surface area (Å²) in [5.41, 5.74) is 7.07. The molecule has 22 heavy (non-hydrogen) atoms. The third-order valence-electron chi connectivity index (χ3n) is 4.08. The van der Waals surface area contributed by atoms with Crippen LogP contribution in [0, 0.1) is 0 Å². The SMILES string of the molecule is CCN1CCN(CCC(=O)Nc2ccc(OC)c(N)c2)CC1. The molecule has 6 nitrogen and oxygen atoms in total. The number of nitrogens with zero attached hydrogens (tertiary/aromatic N) is 2. The highest BCUT2D eigenvalue weighted by molar-refractivity contribution is 5.91. The second-order valence-electron chi connectivity index (χ2n) is 5.53. The third kappa shape index (κ3) is 4.61. The monoisotopic (exact) mass is 306 g/mol. The Morgan fingerprint density at radius 2 is 1.95 bits per heavy atom. The molecule has 0 saturated carbocycles. The lowest BCUT2D eigenvalue weighted by molar-refractivity contribution is -0.116. The predicted octanol–water partition coefficient (Wildman–Crippen LogP) is 1.24. The molecule has 1 aromatic carbocycles. The molecule has 0 unspecified atom stereocenters. The molecule has 2 rings (SSSR count). The molecule has 1 aliphatic heterocycles. The van der Waals surface area contributed by atoms with E-state index in [-0.39, 0.29) is 5.91 Å². The largest absolute Gasteiger partial charge is 0.495 e. The number of benzene rings is 1. The van der Waals surface area contributed by atoms with E-state index in [0.29, 0.717) is 23.5 Å². The lowest BCUT2D eigenvalue weighted by atomic mass is 10.2. The first-order chi connectivity index (χ1) is 10.6. The van der Waals surface area contributed by atoms with Crippen LogP contribution in [0.25, 0.3) is 0 Å². The van der Waals surface area contributed by atoms with Gasteiger partial charge in [0.2, 0.25) is 5.91 Å². The van der Waals surface area contributed by atoms with Gasteiger partial charge in [-0.2, -0.15) is 0 Å². The third-order valence-corrected chi connectivity index (χ3v) is 4.08. The van der Waals surface area contributed by atoms with Crippen LogP contribution in [0.5, 0.6) is 5.75 Å². The molecule has 6 heteroatoms. The van der Waals surface area contributed by atoms with Gasteiger partial charge in [0.25, 0.3) is 0 Å². The average molecular weight is 306 g/mol. The molecule has 3 N–H and O–H groups in total. The minimum absolute atomic E-state index is 0.0162. The molecule has 0 spiro atoms. The number of carbonyl (C=O) groups excluding carboxylic acids is 1. The Kier molecular flexibility index (Phi) is 6.03. The van der Waals surface area contributed by atoms with Crippen molar-refractivity contribution in [2.45, 2.75) is 13.3 Å². The van der Waals surface area contributed by atoms with Crippen LogP contribution >= 0.6 is 0 Å². The quantitative estimate of drug-likeness (QED) is 0.774. The van der Waals surface area contributed by atoms with Gasteiger partial charge in [-0.3, -0.25) is 4.79 Å². The number of nitrogen functional groups attached to an aromatic ring is 1. The molecule has 1 aliphatic rings. The maximum atomic E-state index is 12.0. The van der Waals surface area contributed by atoms with E-state index < -0.39 is 0 Å². The van der Waals surface area contributed by atoms with Gasteiger partial charge in [-0.05, 0) is 24.7 Å². The number of hydrogen-bond donors (Lipinski definition) is 2. The molecule has 0 bridgehead atoms. The Balaban J connectivity index is 1.75. The lowest BCUT2D eigenvalue weighted by Gasteiger charge is -2.33. The number of ether oxygens (including phenoxy) is 1. The van der Waals surface area contributed by atoms with Crippen LogP contribution in [-0.2, 0) is 4.79 Å². The molecule has 0 atom stereocenters. The van der Waals surface area contributed by atoms with Crippen molar-refractivity contribution in [1.29, 1.82) is 0 Å². The van der Waals surface area contributed by atoms with Gasteiger partial charge in [0.05, 0.1) is 12.8 Å². The summed E-state index contributed by atoms with van der Waals surface area (Å²) in [5.74, 6) is 0.634. The molecule has 0 radical (unpaired) electrons. The molecular weight excluding hydrogens is 280 g/mol. The highest BCUT2D eigenvalue weighted by Gasteiger charge is 2.16. The lowest BCUT2D eigenvalue weighted by Crippen LogP contribution is -2.46. The zero-order chi connectivity index (χ0) is 15.9. The van der Waals surface area contributed by atoms with Crippen LogP contribution in [0.15, 0.2) is 18.2 Å². The van der Waals surface area contributed by atoms with Crippen LogP contribution in [0.4, 0.5) is 11.4 Å². The first kappa shape index (κ1) is 16.6. The Morgan fingerprint density at radius 1 is 1.27 bits per heavy atom. The van der Waals surface area contributed by atoms with Crippen molar-refractivity contribution in [3.8, 4) is 5.75 Å². The van der Waals surface area contributed by atoms with Gasteiger partial charge in [-0.1, -0.05) is 6.92 Å². The zero-order valence-corrected chi connectivity index (χ0v) is 13.5. The first-order valence-corrected chi connectivity index (χ1v) is 7.80. The number of piperazine rings is 1. The molecule has 1 amide bonds. The smallest absolute Gasteiger partial charge is 0.225 e. The summed E-state index contributed by atoms with van der Waals surface area (Å²) in [6, 6.07) is 5.28. The van der Waals surface area contributed by atoms with E-state index in [1.165, 1.54) is 0 Å². The number of carbonyl (C=O) groups is 1. The van der Waals surface area contributed by atoms with Crippen LogP contribution in [0.2, 0.25) is 0 Å². The molecule has 1 aromatic rings. The summed E-state index contributed by atoms with van der Waals surface area (Å²) in [5, 5.41) is 2.88. The Bertz CT molecular complexity index is 499. The second-order valence-corrected chi connectivity index (χ2v) is 5.53. The van der Waals surface area contributed by atoms with Gasteiger partial charge in [0.1, 0.15) is 5.75 Å². The van der Waals surface area contributed by atoms with Crippen molar-refractivity contribution in [2.75, 3.05) is 57.4 Å². The summed E-state index contributed by atoms with van der Waals surface area (Å²) in [6.07, 6.45) is 0.498. The fourth-order valence-electron chi connectivity index (χ4n) is 2.62. The molecule has 1 saturated heterocycles. The van der Waals surface area contributed by atoms with Crippen molar-refractivity contribution < 1.29 is 9.53 Å². The van der Waals surface area contributed by atoms with Crippen LogP contribution < -0.4 is 15.8 Å². The fraction of sp³-hybridized carbons (Fsp3) is 0.562. The summed E-state index contributed by atoms with van der Waals surface area (Å²) in [4.78, 5) is 16.8. The summed E-state index contributed by atoms with van der Waals surface area (Å²) < 4.78 is 5.10. The number of hydrogen-bond acceptors (Lipinski definition) is 5. The number of amides is 1. The molecule has 1 fully saturated rings. The number of methoxy groups -OCH3 is 1. The zero-order valence-electron chi connectivity index (χ0n) is 13.5. The van der Waals surface area contributed by atoms with Crippen molar-refractivity contribution in [3.05, 3.63) is 18.2 Å². The fourth-order valence-corrected chi connectivity index (χ4v) is 2.62. The van der Waals surface area contributed by atoms with E-state index in [0.717, 1.165) is 39.3 Å². The Labute approximate surface area is 132 Å². The van der Waals surface area contributed by atoms with Gasteiger partial charge in [0.15, 0.2) is 0 Å². The molecular formula is C16H26N4O2. The van der Waals surface area contributed by atoms with Crippen molar-refractivity contribution >= 4 is 17.3 Å². The van der Waals surface area contributed by atoms with Crippen molar-refractivity contribution in [2.24, 2.45) is 0 Å². The topological polar surface area (TPSA) is 70.8 Å². The van der Waals surface area contributed by atoms with E-state index in [1.54, 1.807) is 25.3 Å². The van der Waals surface area contributed by atoms with E-state index in [1.807, 2.05) is 0 Å². The summed E-state index contributed by atoms with van der Waals surface area (Å²) in [7, 11) is 1.57. The number of nitrogens with two attached hydrogens (primary N) is 1. The molecule has 1 heterocycles. The Morgan fingerprint density at radius 3 is 2.55 bits per heavy atom. The first-order valence-electron chi connectivity index (χ1n) is 7.80. The molecule has 122 valence electrons. The van der Waals surface area contributed by atoms with E-state index in [4.69, 9.17) is 10.5 Å². The van der Waals surface area contributed by atoms with Gasteiger partial charge in [0, 0.05) is 44.8 Å². The maximum Gasteiger partial charge on any atom is 0.225 e. The van der Waals surface area contributed by atoms with Crippen LogP contribution in [0.1, 0.15) is 13.3 Å². The van der Waals surface area contributed by atoms with Crippen LogP contribution in [-0.4, -0.2) is 62.1 Å². The van der Waals surface area contributed by atoms with E-state index in [2.05, 4.69) is 22.0 Å². The van der Waals surface area contributed by atoms with E-state index in [9.17, 15) is 4.79 Å². The van der Waals surface area contributed by atoms with Gasteiger partial charge < -0.3 is 25.6 Å². The molecule has 0 aliphatic carbocycles. The van der Waals surface area contributed by atoms with Gasteiger partial charge in [-0.25, -0.2) is 0 Å². The predicted molar refractivity (Wildman–Crippen MR) is 89.2 cm³/mol. The minimum Gasteiger partial charge on any atom is -0.495 e. The minimum atomic E-state index is 0.0162.